The van der Waals surface area contributed by atoms with Crippen molar-refractivity contribution in [1.82, 2.24) is 10.2 Å². The van der Waals surface area contributed by atoms with Gasteiger partial charge in [-0.05, 0) is 36.8 Å². The van der Waals surface area contributed by atoms with E-state index in [2.05, 4.69) is 15.5 Å². The molecule has 9 heteroatoms. The molecule has 0 fully saturated rings. The molecule has 0 atom stereocenters. The Kier molecular flexibility index (Phi) is 5.73. The SMILES string of the molecule is Cc1ccc(-c2nnc(-c3c(Cl)cccc3Cl)o2)c(NC(=O)C(Cl)Cl)c1. The molecule has 5 nitrogen and oxygen atoms in total. The molecule has 0 unspecified atom stereocenters. The van der Waals surface area contributed by atoms with E-state index in [-0.39, 0.29) is 11.8 Å². The molecule has 2 aromatic carbocycles. The van der Waals surface area contributed by atoms with E-state index in [4.69, 9.17) is 50.8 Å². The Hall–Kier alpha value is -1.79. The fraction of sp³-hybridized carbons (Fsp3) is 0.118. The number of hydrogen-bond donors (Lipinski definition) is 1. The van der Waals surface area contributed by atoms with Gasteiger partial charge in [-0.15, -0.1) is 10.2 Å². The van der Waals surface area contributed by atoms with Gasteiger partial charge in [0.15, 0.2) is 4.84 Å². The summed E-state index contributed by atoms with van der Waals surface area (Å²) in [5.41, 5.74) is 2.31. The van der Waals surface area contributed by atoms with Gasteiger partial charge in [-0.1, -0.05) is 58.5 Å². The van der Waals surface area contributed by atoms with Crippen LogP contribution in [0.25, 0.3) is 22.9 Å². The van der Waals surface area contributed by atoms with E-state index in [1.165, 1.54) is 0 Å². The number of nitrogens with one attached hydrogen (secondary N) is 1. The van der Waals surface area contributed by atoms with Crippen LogP contribution in [0, 0.1) is 6.92 Å². The fourth-order valence-corrected chi connectivity index (χ4v) is 2.94. The molecule has 1 heterocycles. The summed E-state index contributed by atoms with van der Waals surface area (Å²) in [7, 11) is 0. The molecule has 1 aromatic heterocycles. The molecule has 0 aliphatic rings. The summed E-state index contributed by atoms with van der Waals surface area (Å²) in [6.07, 6.45) is 0. The maximum atomic E-state index is 11.8. The quantitative estimate of drug-likeness (QED) is 0.534. The average Bonchev–Trinajstić information content (AvgIpc) is 3.04. The number of aryl methyl sites for hydroxylation is 1. The van der Waals surface area contributed by atoms with Crippen molar-refractivity contribution in [3.05, 3.63) is 52.0 Å². The zero-order chi connectivity index (χ0) is 18.8. The van der Waals surface area contributed by atoms with E-state index >= 15 is 0 Å². The first-order chi connectivity index (χ1) is 12.4. The Balaban J connectivity index is 2.03. The number of carbonyl (C=O) groups excluding carboxylic acids is 1. The Bertz CT molecular complexity index is 952. The third-order valence-electron chi connectivity index (χ3n) is 3.46. The smallest absolute Gasteiger partial charge is 0.257 e. The van der Waals surface area contributed by atoms with Crippen molar-refractivity contribution < 1.29 is 9.21 Å². The Labute approximate surface area is 169 Å². The van der Waals surface area contributed by atoms with E-state index in [1.807, 2.05) is 13.0 Å². The van der Waals surface area contributed by atoms with Crippen LogP contribution >= 0.6 is 46.4 Å². The van der Waals surface area contributed by atoms with Crippen molar-refractivity contribution in [3.63, 3.8) is 0 Å². The van der Waals surface area contributed by atoms with Gasteiger partial charge in [0, 0.05) is 0 Å². The molecule has 1 amide bonds. The number of rotatable bonds is 4. The molecule has 0 saturated heterocycles. The van der Waals surface area contributed by atoms with Crippen molar-refractivity contribution in [2.24, 2.45) is 0 Å². The maximum absolute atomic E-state index is 11.8. The number of carbonyl (C=O) groups is 1. The molecule has 1 N–H and O–H groups in total. The number of aromatic nitrogens is 2. The molecule has 0 saturated carbocycles. The summed E-state index contributed by atoms with van der Waals surface area (Å²) in [6.45, 7) is 1.88. The zero-order valence-corrected chi connectivity index (χ0v) is 16.3. The molecule has 134 valence electrons. The Morgan fingerprint density at radius 3 is 2.38 bits per heavy atom. The summed E-state index contributed by atoms with van der Waals surface area (Å²) in [5.74, 6) is -0.206. The number of amides is 1. The number of anilines is 1. The van der Waals surface area contributed by atoms with Crippen LogP contribution in [0.3, 0.4) is 0 Å². The summed E-state index contributed by atoms with van der Waals surface area (Å²) in [5, 5.41) is 11.5. The highest BCUT2D eigenvalue weighted by atomic mass is 35.5. The van der Waals surface area contributed by atoms with Crippen LogP contribution in [-0.4, -0.2) is 20.9 Å². The second-order valence-electron chi connectivity index (χ2n) is 5.35. The van der Waals surface area contributed by atoms with Crippen LogP contribution in [0.15, 0.2) is 40.8 Å². The topological polar surface area (TPSA) is 68.0 Å². The van der Waals surface area contributed by atoms with Crippen molar-refractivity contribution in [3.8, 4) is 22.9 Å². The van der Waals surface area contributed by atoms with Crippen LogP contribution in [0.4, 0.5) is 5.69 Å². The van der Waals surface area contributed by atoms with Crippen molar-refractivity contribution in [2.45, 2.75) is 11.8 Å². The van der Waals surface area contributed by atoms with Gasteiger partial charge in [0.1, 0.15) is 0 Å². The largest absolute Gasteiger partial charge is 0.416 e. The first kappa shape index (κ1) is 19.0. The van der Waals surface area contributed by atoms with Gasteiger partial charge in [0.2, 0.25) is 5.89 Å². The molecule has 26 heavy (non-hydrogen) atoms. The number of alkyl halides is 2. The lowest BCUT2D eigenvalue weighted by molar-refractivity contribution is -0.114. The van der Waals surface area contributed by atoms with Gasteiger partial charge in [0.25, 0.3) is 11.8 Å². The van der Waals surface area contributed by atoms with Gasteiger partial charge in [-0.3, -0.25) is 4.79 Å². The van der Waals surface area contributed by atoms with Gasteiger partial charge >= 0.3 is 0 Å². The first-order valence-electron chi connectivity index (χ1n) is 7.34. The lowest BCUT2D eigenvalue weighted by Gasteiger charge is -2.10. The third-order valence-corrected chi connectivity index (χ3v) is 4.49. The van der Waals surface area contributed by atoms with Crippen LogP contribution in [-0.2, 0) is 4.79 Å². The molecule has 0 spiro atoms. The van der Waals surface area contributed by atoms with Crippen LogP contribution in [0.1, 0.15) is 5.56 Å². The summed E-state index contributed by atoms with van der Waals surface area (Å²) < 4.78 is 5.73. The van der Waals surface area contributed by atoms with Crippen LogP contribution in [0.2, 0.25) is 10.0 Å². The van der Waals surface area contributed by atoms with E-state index < -0.39 is 10.7 Å². The van der Waals surface area contributed by atoms with Gasteiger partial charge in [-0.25, -0.2) is 0 Å². The molecule has 3 rings (SSSR count). The normalized spacial score (nSPS) is 11.0. The van der Waals surface area contributed by atoms with Crippen LogP contribution in [0.5, 0.6) is 0 Å². The minimum atomic E-state index is -1.21. The lowest BCUT2D eigenvalue weighted by atomic mass is 10.1. The number of hydrogen-bond acceptors (Lipinski definition) is 4. The van der Waals surface area contributed by atoms with E-state index in [1.54, 1.807) is 30.3 Å². The van der Waals surface area contributed by atoms with Gasteiger partial charge in [0.05, 0.1) is 26.9 Å². The lowest BCUT2D eigenvalue weighted by Crippen LogP contribution is -2.19. The zero-order valence-electron chi connectivity index (χ0n) is 13.3. The highest BCUT2D eigenvalue weighted by Gasteiger charge is 2.20. The highest BCUT2D eigenvalue weighted by Crippen LogP contribution is 2.36. The van der Waals surface area contributed by atoms with Crippen molar-refractivity contribution in [1.29, 1.82) is 0 Å². The van der Waals surface area contributed by atoms with E-state index in [0.717, 1.165) is 5.56 Å². The number of benzene rings is 2. The minimum Gasteiger partial charge on any atom is -0.416 e. The molecular weight excluding hydrogens is 420 g/mol. The predicted octanol–water partition coefficient (Wildman–Crippen LogP) is 5.76. The Morgan fingerprint density at radius 1 is 1.08 bits per heavy atom. The van der Waals surface area contributed by atoms with Crippen molar-refractivity contribution >= 4 is 58.0 Å². The molecule has 3 aromatic rings. The standard InChI is InChI=1S/C17H11Cl4N3O2/c1-8-5-6-9(12(7-8)22-15(25)14(20)21)16-23-24-17(26-16)13-10(18)3-2-4-11(13)19/h2-7,14H,1H3,(H,22,25). The summed E-state index contributed by atoms with van der Waals surface area (Å²) >= 11 is 23.6. The highest BCUT2D eigenvalue weighted by molar-refractivity contribution is 6.54. The number of nitrogens with zero attached hydrogens (tertiary/aromatic N) is 2. The predicted molar refractivity (Wildman–Crippen MR) is 104 cm³/mol. The van der Waals surface area contributed by atoms with Crippen LogP contribution < -0.4 is 5.32 Å². The molecule has 0 bridgehead atoms. The Morgan fingerprint density at radius 2 is 1.73 bits per heavy atom. The molecular formula is C17H11Cl4N3O2. The first-order valence-corrected chi connectivity index (χ1v) is 8.97. The van der Waals surface area contributed by atoms with E-state index in [9.17, 15) is 4.79 Å². The fourth-order valence-electron chi connectivity index (χ4n) is 2.27. The third kappa shape index (κ3) is 3.96. The van der Waals surface area contributed by atoms with Crippen molar-refractivity contribution in [2.75, 3.05) is 5.32 Å². The molecule has 0 aliphatic carbocycles. The van der Waals surface area contributed by atoms with Gasteiger partial charge < -0.3 is 9.73 Å². The summed E-state index contributed by atoms with van der Waals surface area (Å²) in [6, 6.07) is 10.4. The average molecular weight is 431 g/mol. The second kappa shape index (κ2) is 7.84. The second-order valence-corrected chi connectivity index (χ2v) is 7.26. The summed E-state index contributed by atoms with van der Waals surface area (Å²) in [4.78, 5) is 10.6. The molecule has 0 aliphatic heterocycles. The van der Waals surface area contributed by atoms with Gasteiger partial charge in [-0.2, -0.15) is 0 Å². The maximum Gasteiger partial charge on any atom is 0.257 e. The van der Waals surface area contributed by atoms with E-state index in [0.29, 0.717) is 26.9 Å². The minimum absolute atomic E-state index is 0.168. The monoisotopic (exact) mass is 429 g/mol. The molecule has 0 radical (unpaired) electrons. The number of halogens is 4.